The Morgan fingerprint density at radius 1 is 1.18 bits per heavy atom. The molecule has 1 heterocycles. The number of hydrogen-bond donors (Lipinski definition) is 3. The Kier molecular flexibility index (Phi) is 7.69. The summed E-state index contributed by atoms with van der Waals surface area (Å²) in [4.78, 5) is 25.6. The first-order chi connectivity index (χ1) is 13.4. The Hall–Kier alpha value is -2.74. The molecule has 1 aliphatic heterocycles. The summed E-state index contributed by atoms with van der Waals surface area (Å²) in [6.45, 7) is 5.08. The van der Waals surface area contributed by atoms with Crippen molar-refractivity contribution in [2.75, 3.05) is 34.4 Å². The van der Waals surface area contributed by atoms with Crippen molar-refractivity contribution in [3.8, 4) is 11.5 Å². The lowest BCUT2D eigenvalue weighted by molar-refractivity contribution is -0.889. The lowest BCUT2D eigenvalue weighted by Gasteiger charge is -2.29. The van der Waals surface area contributed by atoms with Crippen LogP contribution in [-0.2, 0) is 16.1 Å². The summed E-state index contributed by atoms with van der Waals surface area (Å²) < 4.78 is 15.9. The zero-order chi connectivity index (χ0) is 20.7. The van der Waals surface area contributed by atoms with Crippen LogP contribution in [0.15, 0.2) is 29.5 Å². The summed E-state index contributed by atoms with van der Waals surface area (Å²) in [6.07, 6.45) is 0.608. The van der Waals surface area contributed by atoms with E-state index in [-0.39, 0.29) is 18.7 Å². The van der Waals surface area contributed by atoms with Crippen molar-refractivity contribution >= 4 is 12.0 Å². The Morgan fingerprint density at radius 3 is 2.54 bits per heavy atom. The fraction of sp³-hybridized carbons (Fsp3) is 0.500. The Labute approximate surface area is 165 Å². The maximum Gasteiger partial charge on any atom is 0.338 e. The first-order valence-corrected chi connectivity index (χ1v) is 9.43. The number of ether oxygens (including phenoxy) is 3. The highest BCUT2D eigenvalue weighted by atomic mass is 16.5. The molecule has 8 heteroatoms. The number of benzene rings is 1. The molecule has 3 N–H and O–H groups in total. The van der Waals surface area contributed by atoms with Gasteiger partial charge in [-0.05, 0) is 25.5 Å². The van der Waals surface area contributed by atoms with E-state index in [0.29, 0.717) is 30.8 Å². The van der Waals surface area contributed by atoms with Crippen LogP contribution in [0.3, 0.4) is 0 Å². The number of carbonyl (C=O) groups excluding carboxylic acids is 2. The number of esters is 1. The molecule has 2 rings (SSSR count). The zero-order valence-corrected chi connectivity index (χ0v) is 17.2. The maximum atomic E-state index is 12.5. The molecule has 154 valence electrons. The van der Waals surface area contributed by atoms with Gasteiger partial charge in [-0.25, -0.2) is 9.59 Å². The van der Waals surface area contributed by atoms with E-state index in [2.05, 4.69) is 10.6 Å². The van der Waals surface area contributed by atoms with Crippen molar-refractivity contribution < 1.29 is 28.7 Å². The number of urea groups is 1. The molecule has 1 unspecified atom stereocenters. The number of nitrogens with one attached hydrogen (secondary N) is 3. The van der Waals surface area contributed by atoms with E-state index < -0.39 is 5.97 Å². The fourth-order valence-electron chi connectivity index (χ4n) is 3.29. The van der Waals surface area contributed by atoms with E-state index in [4.69, 9.17) is 14.2 Å². The van der Waals surface area contributed by atoms with Gasteiger partial charge in [0.25, 0.3) is 0 Å². The highest BCUT2D eigenvalue weighted by molar-refractivity contribution is 5.94. The van der Waals surface area contributed by atoms with Gasteiger partial charge in [-0.2, -0.15) is 0 Å². The van der Waals surface area contributed by atoms with Crippen LogP contribution >= 0.6 is 0 Å². The van der Waals surface area contributed by atoms with Crippen molar-refractivity contribution in [3.05, 3.63) is 35.0 Å². The molecule has 0 spiro atoms. The quantitative estimate of drug-likeness (QED) is 0.536. The second-order valence-electron chi connectivity index (χ2n) is 6.66. The molecule has 0 bridgehead atoms. The van der Waals surface area contributed by atoms with E-state index in [1.165, 1.54) is 0 Å². The smallest absolute Gasteiger partial charge is 0.338 e. The van der Waals surface area contributed by atoms with Gasteiger partial charge in [-0.3, -0.25) is 0 Å². The molecule has 1 aromatic rings. The molecular formula is C20H30N3O5+. The predicted molar refractivity (Wildman–Crippen MR) is 104 cm³/mol. The van der Waals surface area contributed by atoms with Crippen molar-refractivity contribution in [2.24, 2.45) is 0 Å². The summed E-state index contributed by atoms with van der Waals surface area (Å²) in [5.74, 6) is 1.06. The van der Waals surface area contributed by atoms with Crippen LogP contribution in [0.1, 0.15) is 25.8 Å². The Morgan fingerprint density at radius 2 is 1.93 bits per heavy atom. The summed E-state index contributed by atoms with van der Waals surface area (Å²) in [6, 6.07) is 5.02. The van der Waals surface area contributed by atoms with Gasteiger partial charge in [0.15, 0.2) is 0 Å². The zero-order valence-electron chi connectivity index (χ0n) is 17.2. The molecule has 0 saturated carbocycles. The number of methoxy groups -OCH3 is 2. The van der Waals surface area contributed by atoms with Crippen LogP contribution in [0.5, 0.6) is 11.5 Å². The van der Waals surface area contributed by atoms with Crippen LogP contribution < -0.4 is 25.0 Å². The van der Waals surface area contributed by atoms with Gasteiger partial charge in [0.05, 0.1) is 45.2 Å². The van der Waals surface area contributed by atoms with E-state index in [1.807, 2.05) is 32.2 Å². The minimum Gasteiger partial charge on any atom is -0.497 e. The number of likely N-dealkylation sites (N-methyl/N-ethyl adjacent to an activating group) is 1. The van der Waals surface area contributed by atoms with E-state index in [1.54, 1.807) is 21.1 Å². The number of quaternary nitrogens is 1. The fourth-order valence-corrected chi connectivity index (χ4v) is 3.29. The van der Waals surface area contributed by atoms with Gasteiger partial charge in [-0.1, -0.05) is 6.92 Å². The van der Waals surface area contributed by atoms with Crippen LogP contribution in [0, 0.1) is 0 Å². The van der Waals surface area contributed by atoms with Crippen molar-refractivity contribution in [1.29, 1.82) is 0 Å². The third-order valence-corrected chi connectivity index (χ3v) is 4.61. The summed E-state index contributed by atoms with van der Waals surface area (Å²) in [5, 5.41) is 5.58. The van der Waals surface area contributed by atoms with Gasteiger partial charge in [0.1, 0.15) is 24.6 Å². The molecule has 0 radical (unpaired) electrons. The lowest BCUT2D eigenvalue weighted by Crippen LogP contribution is -3.08. The predicted octanol–water partition coefficient (Wildman–Crippen LogP) is 0.627. The molecule has 28 heavy (non-hydrogen) atoms. The summed E-state index contributed by atoms with van der Waals surface area (Å²) >= 11 is 0. The first kappa shape index (κ1) is 21.6. The molecule has 0 aliphatic carbocycles. The Balaban J connectivity index is 2.24. The third kappa shape index (κ3) is 5.16. The van der Waals surface area contributed by atoms with Gasteiger partial charge >= 0.3 is 12.0 Å². The molecule has 0 saturated heterocycles. The van der Waals surface area contributed by atoms with Crippen LogP contribution in [-0.4, -0.2) is 52.5 Å². The lowest BCUT2D eigenvalue weighted by atomic mass is 10.00. The summed E-state index contributed by atoms with van der Waals surface area (Å²) in [7, 11) is 5.22. The molecular weight excluding hydrogens is 362 g/mol. The first-order valence-electron chi connectivity index (χ1n) is 9.43. The van der Waals surface area contributed by atoms with Gasteiger partial charge in [-0.15, -0.1) is 0 Å². The molecule has 0 aromatic heterocycles. The largest absolute Gasteiger partial charge is 0.497 e. The average molecular weight is 392 g/mol. The second kappa shape index (κ2) is 9.98. The maximum absolute atomic E-state index is 12.5. The molecule has 1 aromatic carbocycles. The molecule has 2 atom stereocenters. The Bertz CT molecular complexity index is 747. The molecule has 0 fully saturated rings. The highest BCUT2D eigenvalue weighted by Crippen LogP contribution is 2.24. The number of hydrogen-bond acceptors (Lipinski definition) is 5. The van der Waals surface area contributed by atoms with Crippen molar-refractivity contribution in [1.82, 2.24) is 10.6 Å². The molecule has 1 aliphatic rings. The summed E-state index contributed by atoms with van der Waals surface area (Å²) in [5.41, 5.74) is 2.09. The topological polar surface area (TPSA) is 90.3 Å². The normalized spacial score (nSPS) is 17.5. The van der Waals surface area contributed by atoms with Crippen LogP contribution in [0.4, 0.5) is 4.79 Å². The van der Waals surface area contributed by atoms with E-state index >= 15 is 0 Å². The molecule has 2 amide bonds. The van der Waals surface area contributed by atoms with Crippen molar-refractivity contribution in [2.45, 2.75) is 32.9 Å². The standard InChI is InChI=1S/C20H29N3O5/c1-6-15-18(19(24)28-7-2)16(22-20(25)21-15)12-23(3)11-13-8-9-14(26-4)10-17(13)27-5/h8-10,15H,6-7,11-12H2,1-5H3,(H2,21,22,25)/p+1/t15-/m0/s1. The number of carbonyl (C=O) groups is 2. The monoisotopic (exact) mass is 392 g/mol. The second-order valence-corrected chi connectivity index (χ2v) is 6.66. The minimum absolute atomic E-state index is 0.283. The minimum atomic E-state index is -0.397. The van der Waals surface area contributed by atoms with E-state index in [9.17, 15) is 9.59 Å². The number of rotatable bonds is 9. The van der Waals surface area contributed by atoms with Crippen molar-refractivity contribution in [3.63, 3.8) is 0 Å². The SMILES string of the molecule is CCOC(=O)C1=C(C[NH+](C)Cc2ccc(OC)cc2OC)NC(=O)N[C@H]1CC. The van der Waals surface area contributed by atoms with Gasteiger partial charge in [0.2, 0.25) is 0 Å². The van der Waals surface area contributed by atoms with E-state index in [0.717, 1.165) is 22.0 Å². The van der Waals surface area contributed by atoms with Gasteiger partial charge in [0, 0.05) is 11.6 Å². The third-order valence-electron chi connectivity index (χ3n) is 4.61. The highest BCUT2D eigenvalue weighted by Gasteiger charge is 2.32. The number of amides is 2. The van der Waals surface area contributed by atoms with Crippen LogP contribution in [0.25, 0.3) is 0 Å². The van der Waals surface area contributed by atoms with Crippen LogP contribution in [0.2, 0.25) is 0 Å². The van der Waals surface area contributed by atoms with Gasteiger partial charge < -0.3 is 29.7 Å². The average Bonchev–Trinajstić information content (AvgIpc) is 2.67. The molecule has 8 nitrogen and oxygen atoms in total.